The van der Waals surface area contributed by atoms with Gasteiger partial charge in [0, 0.05) is 33.2 Å². The Balaban J connectivity index is 1.80. The molecule has 0 saturated carbocycles. The van der Waals surface area contributed by atoms with E-state index in [0.717, 1.165) is 29.6 Å². The summed E-state index contributed by atoms with van der Waals surface area (Å²) in [6.07, 6.45) is 28.1. The van der Waals surface area contributed by atoms with E-state index in [4.69, 9.17) is 0 Å². The van der Waals surface area contributed by atoms with Crippen molar-refractivity contribution >= 4 is 0 Å². The molecule has 3 aliphatic rings. The quantitative estimate of drug-likeness (QED) is 0.128. The summed E-state index contributed by atoms with van der Waals surface area (Å²) in [6, 6.07) is 0. The van der Waals surface area contributed by atoms with Gasteiger partial charge in [-0.3, -0.25) is 0 Å². The second-order valence-electron chi connectivity index (χ2n) is 21.5. The van der Waals surface area contributed by atoms with Crippen LogP contribution in [-0.4, -0.2) is 33.2 Å². The topological polar surface area (TPSA) is 36.1 Å². The van der Waals surface area contributed by atoms with E-state index >= 15 is 0 Å². The molecule has 47 heavy (non-hydrogen) atoms. The van der Waals surface area contributed by atoms with Crippen molar-refractivity contribution in [2.24, 2.45) is 29.6 Å². The van der Waals surface area contributed by atoms with E-state index in [1.807, 2.05) is 0 Å². The van der Waals surface area contributed by atoms with E-state index in [2.05, 4.69) is 106 Å². The molecule has 0 spiro atoms. The predicted molar refractivity (Wildman–Crippen MR) is 209 cm³/mol. The first-order chi connectivity index (χ1) is 21.6. The van der Waals surface area contributed by atoms with Gasteiger partial charge in [0.2, 0.25) is 0 Å². The normalized spacial score (nSPS) is 27.0. The molecule has 278 valence electrons. The van der Waals surface area contributed by atoms with E-state index in [1.165, 1.54) is 128 Å². The fourth-order valence-corrected chi connectivity index (χ4v) is 12.2. The molecule has 2 atom stereocenters. The van der Waals surface area contributed by atoms with Gasteiger partial charge in [0.25, 0.3) is 0 Å². The summed E-state index contributed by atoms with van der Waals surface area (Å²) in [5.41, 5.74) is 1.24. The highest BCUT2D eigenvalue weighted by atomic mass is 15.1. The Kier molecular flexibility index (Phi) is 14.9. The second kappa shape index (κ2) is 16.9. The Bertz CT molecular complexity index is 863. The summed E-state index contributed by atoms with van der Waals surface area (Å²) < 4.78 is 0. The molecule has 2 unspecified atom stereocenters. The number of piperidine rings is 3. The van der Waals surface area contributed by atoms with Crippen molar-refractivity contribution < 1.29 is 0 Å². The van der Waals surface area contributed by atoms with Crippen LogP contribution in [0.25, 0.3) is 0 Å². The van der Waals surface area contributed by atoms with E-state index in [1.54, 1.807) is 0 Å². The molecular formula is C44H87N3. The van der Waals surface area contributed by atoms with Crippen molar-refractivity contribution in [1.29, 1.82) is 0 Å². The van der Waals surface area contributed by atoms with Crippen molar-refractivity contribution in [2.75, 3.05) is 0 Å². The molecule has 3 fully saturated rings. The van der Waals surface area contributed by atoms with Crippen LogP contribution in [0.3, 0.4) is 0 Å². The number of hydrogen-bond acceptors (Lipinski definition) is 3. The van der Waals surface area contributed by atoms with Crippen LogP contribution >= 0.6 is 0 Å². The lowest BCUT2D eigenvalue weighted by Gasteiger charge is -2.55. The molecule has 0 aromatic rings. The molecular weight excluding hydrogens is 571 g/mol. The minimum absolute atomic E-state index is 0.199. The van der Waals surface area contributed by atoms with Gasteiger partial charge in [-0.15, -0.1) is 0 Å². The smallest absolute Gasteiger partial charge is 0.0132 e. The van der Waals surface area contributed by atoms with Crippen LogP contribution in [0.2, 0.25) is 0 Å². The summed E-state index contributed by atoms with van der Waals surface area (Å²) in [6.45, 7) is 32.1. The molecule has 3 heterocycles. The Morgan fingerprint density at radius 1 is 0.404 bits per heavy atom. The van der Waals surface area contributed by atoms with Gasteiger partial charge in [-0.25, -0.2) is 0 Å². The zero-order valence-electron chi connectivity index (χ0n) is 34.5. The van der Waals surface area contributed by atoms with E-state index < -0.39 is 0 Å². The van der Waals surface area contributed by atoms with Gasteiger partial charge in [-0.05, 0) is 164 Å². The predicted octanol–water partition coefficient (Wildman–Crippen LogP) is 12.4. The lowest BCUT2D eigenvalue weighted by molar-refractivity contribution is -0.00492. The molecule has 0 amide bonds. The van der Waals surface area contributed by atoms with Gasteiger partial charge in [-0.1, -0.05) is 84.0 Å². The van der Waals surface area contributed by atoms with Crippen molar-refractivity contribution in [3.8, 4) is 0 Å². The fourth-order valence-electron chi connectivity index (χ4n) is 12.2. The van der Waals surface area contributed by atoms with Gasteiger partial charge >= 0.3 is 0 Å². The monoisotopic (exact) mass is 658 g/mol. The van der Waals surface area contributed by atoms with Crippen LogP contribution in [0.5, 0.6) is 0 Å². The Morgan fingerprint density at radius 2 is 0.702 bits per heavy atom. The molecule has 3 rings (SSSR count). The highest BCUT2D eigenvalue weighted by Gasteiger charge is 2.49. The maximum absolute atomic E-state index is 4.06. The first-order valence-electron chi connectivity index (χ1n) is 21.0. The van der Waals surface area contributed by atoms with Gasteiger partial charge in [-0.2, -0.15) is 0 Å². The minimum atomic E-state index is 0.199. The number of nitrogens with one attached hydrogen (secondary N) is 3. The average molecular weight is 658 g/mol. The Hall–Kier alpha value is -0.120. The molecule has 3 N–H and O–H groups in total. The third-order valence-electron chi connectivity index (χ3n) is 12.5. The highest BCUT2D eigenvalue weighted by molar-refractivity contribution is 5.05. The van der Waals surface area contributed by atoms with Crippen LogP contribution in [-0.2, 0) is 0 Å². The Morgan fingerprint density at radius 3 is 1.06 bits per heavy atom. The zero-order chi connectivity index (χ0) is 35.2. The maximum Gasteiger partial charge on any atom is 0.0132 e. The lowest BCUT2D eigenvalue weighted by atomic mass is 9.58. The maximum atomic E-state index is 4.06. The Labute approximate surface area is 296 Å². The van der Waals surface area contributed by atoms with Gasteiger partial charge < -0.3 is 16.0 Å². The van der Waals surface area contributed by atoms with E-state index in [0.29, 0.717) is 0 Å². The van der Waals surface area contributed by atoms with Crippen molar-refractivity contribution in [1.82, 2.24) is 16.0 Å². The van der Waals surface area contributed by atoms with Crippen molar-refractivity contribution in [2.45, 2.75) is 252 Å². The van der Waals surface area contributed by atoms with Gasteiger partial charge in [0.05, 0.1) is 0 Å². The summed E-state index contributed by atoms with van der Waals surface area (Å²) >= 11 is 0. The van der Waals surface area contributed by atoms with E-state index in [9.17, 15) is 0 Å². The second-order valence-corrected chi connectivity index (χ2v) is 21.5. The SMILES string of the molecule is CCCCCCCCCCCCCCC(C1CC(C)(C)NC(C)(C)C1)C(CC1CC(C)(C)NC(C)(C)C1)C1CC(C)(C)NC(C)(C)C1. The molecule has 0 radical (unpaired) electrons. The summed E-state index contributed by atoms with van der Waals surface area (Å²) in [5.74, 6) is 4.05. The van der Waals surface area contributed by atoms with Crippen LogP contribution in [0, 0.1) is 29.6 Å². The molecule has 3 heteroatoms. The standard InChI is InChI=1S/C44H87N3/c1-14-15-16-17-18-19-20-21-22-23-24-25-26-37(35-30-41(6,7)46-42(8,9)31-35)38(36-32-43(10,11)47-44(12,13)33-36)27-34-28-39(2,3)45-40(4,5)29-34/h34-38,45-47H,14-33H2,1-13H3. The first-order valence-corrected chi connectivity index (χ1v) is 21.0. The largest absolute Gasteiger partial charge is 0.307 e. The first kappa shape index (κ1) is 41.3. The van der Waals surface area contributed by atoms with Crippen molar-refractivity contribution in [3.63, 3.8) is 0 Å². The summed E-state index contributed by atoms with van der Waals surface area (Å²) in [7, 11) is 0. The third-order valence-corrected chi connectivity index (χ3v) is 12.5. The van der Waals surface area contributed by atoms with Gasteiger partial charge in [0.1, 0.15) is 0 Å². The number of hydrogen-bond donors (Lipinski definition) is 3. The molecule has 0 aliphatic carbocycles. The third kappa shape index (κ3) is 14.6. The molecule has 0 aromatic heterocycles. The van der Waals surface area contributed by atoms with Crippen LogP contribution in [0.1, 0.15) is 218 Å². The zero-order valence-corrected chi connectivity index (χ0v) is 34.5. The number of unbranched alkanes of at least 4 members (excludes halogenated alkanes) is 11. The molecule has 3 nitrogen and oxygen atoms in total. The molecule has 3 saturated heterocycles. The van der Waals surface area contributed by atoms with E-state index in [-0.39, 0.29) is 33.2 Å². The van der Waals surface area contributed by atoms with Crippen LogP contribution in [0.4, 0.5) is 0 Å². The fraction of sp³-hybridized carbons (Fsp3) is 1.00. The van der Waals surface area contributed by atoms with Gasteiger partial charge in [0.15, 0.2) is 0 Å². The molecule has 0 bridgehead atoms. The number of rotatable bonds is 18. The summed E-state index contributed by atoms with van der Waals surface area (Å²) in [4.78, 5) is 0. The average Bonchev–Trinajstić information content (AvgIpc) is 2.85. The van der Waals surface area contributed by atoms with Crippen LogP contribution < -0.4 is 16.0 Å². The van der Waals surface area contributed by atoms with Crippen molar-refractivity contribution in [3.05, 3.63) is 0 Å². The lowest BCUT2D eigenvalue weighted by Crippen LogP contribution is -2.61. The minimum Gasteiger partial charge on any atom is -0.307 e. The van der Waals surface area contributed by atoms with Crippen LogP contribution in [0.15, 0.2) is 0 Å². The summed E-state index contributed by atoms with van der Waals surface area (Å²) in [5, 5.41) is 12.1. The molecule has 0 aromatic carbocycles. The molecule has 3 aliphatic heterocycles. The highest BCUT2D eigenvalue weighted by Crippen LogP contribution is 2.51.